The van der Waals surface area contributed by atoms with Crippen LogP contribution in [0.15, 0.2) is 94.7 Å². The second kappa shape index (κ2) is 9.91. The van der Waals surface area contributed by atoms with Crippen molar-refractivity contribution in [3.63, 3.8) is 0 Å². The molecule has 3 aromatic rings. The van der Waals surface area contributed by atoms with Gasteiger partial charge in [0.05, 0.1) is 18.2 Å². The van der Waals surface area contributed by atoms with Crippen LogP contribution >= 0.6 is 11.8 Å². The lowest BCUT2D eigenvalue weighted by Crippen LogP contribution is -2.52. The van der Waals surface area contributed by atoms with Gasteiger partial charge in [-0.3, -0.25) is 19.4 Å². The fourth-order valence-corrected chi connectivity index (χ4v) is 5.53. The highest BCUT2D eigenvalue weighted by Gasteiger charge is 2.44. The van der Waals surface area contributed by atoms with Gasteiger partial charge in [-0.2, -0.15) is 0 Å². The SMILES string of the molecule is O=C1C[C@@H](N2CCN(Cc3ccccc3)CC2)C(=O)N1c1ccccc1Sc1ccccc1. The number of imide groups is 1. The van der Waals surface area contributed by atoms with E-state index in [-0.39, 0.29) is 24.3 Å². The summed E-state index contributed by atoms with van der Waals surface area (Å²) in [6.07, 6.45) is 0.252. The van der Waals surface area contributed by atoms with Crippen molar-refractivity contribution in [2.24, 2.45) is 0 Å². The van der Waals surface area contributed by atoms with Gasteiger partial charge < -0.3 is 0 Å². The van der Waals surface area contributed by atoms with Crippen LogP contribution in [-0.4, -0.2) is 53.8 Å². The van der Waals surface area contributed by atoms with Crippen molar-refractivity contribution in [3.8, 4) is 0 Å². The van der Waals surface area contributed by atoms with Crippen LogP contribution in [0, 0.1) is 0 Å². The van der Waals surface area contributed by atoms with Gasteiger partial charge in [-0.05, 0) is 29.8 Å². The molecule has 3 aromatic carbocycles. The molecule has 168 valence electrons. The molecule has 0 unspecified atom stereocenters. The van der Waals surface area contributed by atoms with Crippen LogP contribution in [0.4, 0.5) is 5.69 Å². The topological polar surface area (TPSA) is 43.9 Å². The van der Waals surface area contributed by atoms with E-state index < -0.39 is 0 Å². The predicted molar refractivity (Wildman–Crippen MR) is 131 cm³/mol. The summed E-state index contributed by atoms with van der Waals surface area (Å²) >= 11 is 1.58. The Kier molecular flexibility index (Phi) is 6.58. The number of piperazine rings is 1. The van der Waals surface area contributed by atoms with E-state index in [9.17, 15) is 9.59 Å². The highest BCUT2D eigenvalue weighted by atomic mass is 32.2. The first-order valence-electron chi connectivity index (χ1n) is 11.4. The minimum Gasteiger partial charge on any atom is -0.297 e. The third-order valence-electron chi connectivity index (χ3n) is 6.30. The lowest BCUT2D eigenvalue weighted by atomic mass is 10.1. The summed E-state index contributed by atoms with van der Waals surface area (Å²) in [5, 5.41) is 0. The summed E-state index contributed by atoms with van der Waals surface area (Å²) in [4.78, 5) is 34.4. The van der Waals surface area contributed by atoms with Gasteiger partial charge in [0.1, 0.15) is 0 Å². The van der Waals surface area contributed by atoms with Crippen LogP contribution in [0.1, 0.15) is 12.0 Å². The number of benzene rings is 3. The van der Waals surface area contributed by atoms with Gasteiger partial charge in [0, 0.05) is 42.5 Å². The average molecular weight is 458 g/mol. The molecule has 2 saturated heterocycles. The van der Waals surface area contributed by atoms with E-state index >= 15 is 0 Å². The van der Waals surface area contributed by atoms with E-state index in [1.807, 2.05) is 60.7 Å². The Morgan fingerprint density at radius 3 is 2.12 bits per heavy atom. The molecule has 2 amide bonds. The van der Waals surface area contributed by atoms with Crippen LogP contribution in [-0.2, 0) is 16.1 Å². The van der Waals surface area contributed by atoms with Crippen molar-refractivity contribution < 1.29 is 9.59 Å². The fraction of sp³-hybridized carbons (Fsp3) is 0.259. The molecule has 2 aliphatic rings. The molecule has 2 heterocycles. The zero-order valence-corrected chi connectivity index (χ0v) is 19.3. The number of carbonyl (C=O) groups excluding carboxylic acids is 2. The molecule has 6 heteroatoms. The van der Waals surface area contributed by atoms with Crippen molar-refractivity contribution in [1.29, 1.82) is 0 Å². The molecule has 0 spiro atoms. The normalized spacial score (nSPS) is 19.9. The van der Waals surface area contributed by atoms with Crippen molar-refractivity contribution in [2.45, 2.75) is 28.8 Å². The Morgan fingerprint density at radius 2 is 1.39 bits per heavy atom. The number of amides is 2. The van der Waals surface area contributed by atoms with Crippen LogP contribution in [0.2, 0.25) is 0 Å². The molecule has 0 radical (unpaired) electrons. The molecule has 2 fully saturated rings. The fourth-order valence-electron chi connectivity index (χ4n) is 4.57. The molecule has 1 atom stereocenters. The summed E-state index contributed by atoms with van der Waals surface area (Å²) in [6, 6.07) is 27.8. The minimum atomic E-state index is -0.369. The summed E-state index contributed by atoms with van der Waals surface area (Å²) in [5.41, 5.74) is 1.99. The standard InChI is InChI=1S/C27H27N3O2S/c31-26-19-24(29-17-15-28(16-18-29)20-21-9-3-1-4-10-21)27(32)30(26)23-13-7-8-14-25(23)33-22-11-5-2-6-12-22/h1-14,24H,15-20H2/t24-/m1/s1. The Hall–Kier alpha value is -2.93. The highest BCUT2D eigenvalue weighted by molar-refractivity contribution is 7.99. The van der Waals surface area contributed by atoms with Gasteiger partial charge in [-0.25, -0.2) is 4.90 Å². The first-order valence-corrected chi connectivity index (χ1v) is 12.2. The number of para-hydroxylation sites is 1. The molecule has 0 aliphatic carbocycles. The molecular weight excluding hydrogens is 430 g/mol. The van der Waals surface area contributed by atoms with E-state index in [1.165, 1.54) is 10.5 Å². The number of hydrogen-bond acceptors (Lipinski definition) is 5. The first kappa shape index (κ1) is 21.9. The second-order valence-corrected chi connectivity index (χ2v) is 9.58. The van der Waals surface area contributed by atoms with E-state index in [4.69, 9.17) is 0 Å². The largest absolute Gasteiger partial charge is 0.297 e. The molecule has 0 saturated carbocycles. The number of anilines is 1. The van der Waals surface area contributed by atoms with Gasteiger partial charge in [0.2, 0.25) is 5.91 Å². The highest BCUT2D eigenvalue weighted by Crippen LogP contribution is 2.37. The van der Waals surface area contributed by atoms with E-state index in [2.05, 4.69) is 34.1 Å². The molecule has 33 heavy (non-hydrogen) atoms. The monoisotopic (exact) mass is 457 g/mol. The van der Waals surface area contributed by atoms with Crippen LogP contribution < -0.4 is 4.90 Å². The van der Waals surface area contributed by atoms with Crippen molar-refractivity contribution >= 4 is 29.3 Å². The quantitative estimate of drug-likeness (QED) is 0.517. The summed E-state index contributed by atoms with van der Waals surface area (Å²) in [5.74, 6) is -0.213. The van der Waals surface area contributed by atoms with E-state index in [0.29, 0.717) is 5.69 Å². The van der Waals surface area contributed by atoms with Gasteiger partial charge >= 0.3 is 0 Å². The van der Waals surface area contributed by atoms with Crippen molar-refractivity contribution in [1.82, 2.24) is 9.80 Å². The lowest BCUT2D eigenvalue weighted by molar-refractivity contribution is -0.123. The molecular formula is C27H27N3O2S. The smallest absolute Gasteiger partial charge is 0.251 e. The minimum absolute atomic E-state index is 0.0994. The maximum atomic E-state index is 13.4. The molecule has 0 bridgehead atoms. The summed E-state index contributed by atoms with van der Waals surface area (Å²) in [7, 11) is 0. The third-order valence-corrected chi connectivity index (χ3v) is 7.37. The molecule has 0 aromatic heterocycles. The van der Waals surface area contributed by atoms with Gasteiger partial charge in [-0.1, -0.05) is 72.4 Å². The Morgan fingerprint density at radius 1 is 0.758 bits per heavy atom. The van der Waals surface area contributed by atoms with Crippen LogP contribution in [0.5, 0.6) is 0 Å². The zero-order chi connectivity index (χ0) is 22.6. The van der Waals surface area contributed by atoms with E-state index in [1.54, 1.807) is 11.8 Å². The Balaban J connectivity index is 1.27. The molecule has 0 N–H and O–H groups in total. The number of nitrogens with zero attached hydrogens (tertiary/aromatic N) is 3. The second-order valence-electron chi connectivity index (χ2n) is 8.47. The molecule has 5 rings (SSSR count). The molecule has 5 nitrogen and oxygen atoms in total. The average Bonchev–Trinajstić information content (AvgIpc) is 3.15. The summed E-state index contributed by atoms with van der Waals surface area (Å²) in [6.45, 7) is 4.30. The zero-order valence-electron chi connectivity index (χ0n) is 18.5. The van der Waals surface area contributed by atoms with Gasteiger partial charge in [0.25, 0.3) is 5.91 Å². The number of hydrogen-bond donors (Lipinski definition) is 0. The van der Waals surface area contributed by atoms with E-state index in [0.717, 1.165) is 42.5 Å². The van der Waals surface area contributed by atoms with Crippen LogP contribution in [0.25, 0.3) is 0 Å². The lowest BCUT2D eigenvalue weighted by Gasteiger charge is -2.37. The van der Waals surface area contributed by atoms with Crippen molar-refractivity contribution in [3.05, 3.63) is 90.5 Å². The maximum absolute atomic E-state index is 13.4. The number of rotatable bonds is 6. The third kappa shape index (κ3) is 4.88. The maximum Gasteiger partial charge on any atom is 0.251 e. The van der Waals surface area contributed by atoms with Gasteiger partial charge in [0.15, 0.2) is 0 Å². The Labute approximate surface area is 199 Å². The number of carbonyl (C=O) groups is 2. The van der Waals surface area contributed by atoms with Crippen molar-refractivity contribution in [2.75, 3.05) is 31.1 Å². The first-order chi connectivity index (χ1) is 16.2. The van der Waals surface area contributed by atoms with Crippen LogP contribution in [0.3, 0.4) is 0 Å². The summed E-state index contributed by atoms with van der Waals surface area (Å²) < 4.78 is 0. The van der Waals surface area contributed by atoms with Gasteiger partial charge in [-0.15, -0.1) is 0 Å². The Bertz CT molecular complexity index is 1110. The predicted octanol–water partition coefficient (Wildman–Crippen LogP) is 4.29. The molecule has 2 aliphatic heterocycles.